The van der Waals surface area contributed by atoms with Gasteiger partial charge >= 0.3 is 0 Å². The molecule has 2 nitrogen and oxygen atoms in total. The van der Waals surface area contributed by atoms with Crippen LogP contribution in [0.15, 0.2) is 29.2 Å². The van der Waals surface area contributed by atoms with Gasteiger partial charge in [0.15, 0.2) is 0 Å². The Morgan fingerprint density at radius 1 is 1.25 bits per heavy atom. The standard InChI is InChI=1S/C17H25NOS/c1-4-14(13-18-15-8-9-15)12-17(7-1)20-11-3-6-16-5-2-10-19-16/h1,4,7,12,15-16,18H,2-3,5-6,8-11,13H2. The van der Waals surface area contributed by atoms with Gasteiger partial charge in [0.05, 0.1) is 6.10 Å². The van der Waals surface area contributed by atoms with Gasteiger partial charge < -0.3 is 10.1 Å². The third kappa shape index (κ3) is 4.80. The van der Waals surface area contributed by atoms with Crippen LogP contribution in [0.3, 0.4) is 0 Å². The molecule has 0 radical (unpaired) electrons. The largest absolute Gasteiger partial charge is 0.378 e. The fourth-order valence-electron chi connectivity index (χ4n) is 2.67. The Morgan fingerprint density at radius 2 is 2.20 bits per heavy atom. The maximum atomic E-state index is 5.67. The molecule has 1 aliphatic heterocycles. The summed E-state index contributed by atoms with van der Waals surface area (Å²) in [6.07, 6.45) is 8.29. The van der Waals surface area contributed by atoms with Gasteiger partial charge in [-0.1, -0.05) is 12.1 Å². The first-order valence-corrected chi connectivity index (χ1v) is 8.95. The van der Waals surface area contributed by atoms with Crippen molar-refractivity contribution in [1.29, 1.82) is 0 Å². The SMILES string of the molecule is c1cc(CNC2CC2)cc(SCCCC2CCCO2)c1. The van der Waals surface area contributed by atoms with Crippen LogP contribution in [-0.2, 0) is 11.3 Å². The van der Waals surface area contributed by atoms with Gasteiger partial charge in [0.25, 0.3) is 0 Å². The van der Waals surface area contributed by atoms with Crippen molar-refractivity contribution in [3.05, 3.63) is 29.8 Å². The summed E-state index contributed by atoms with van der Waals surface area (Å²) < 4.78 is 5.67. The van der Waals surface area contributed by atoms with Crippen LogP contribution in [0.25, 0.3) is 0 Å². The molecule has 1 saturated heterocycles. The molecule has 1 aromatic rings. The first kappa shape index (κ1) is 14.4. The molecule has 2 fully saturated rings. The molecule has 0 spiro atoms. The van der Waals surface area contributed by atoms with E-state index in [0.717, 1.165) is 19.2 Å². The molecule has 1 unspecified atom stereocenters. The van der Waals surface area contributed by atoms with Gasteiger partial charge in [-0.2, -0.15) is 0 Å². The molecular weight excluding hydrogens is 266 g/mol. The average molecular weight is 291 g/mol. The van der Waals surface area contributed by atoms with E-state index in [1.807, 2.05) is 11.8 Å². The second-order valence-corrected chi connectivity index (χ2v) is 7.10. The molecule has 1 atom stereocenters. The minimum absolute atomic E-state index is 0.546. The predicted molar refractivity (Wildman–Crippen MR) is 85.2 cm³/mol. The van der Waals surface area contributed by atoms with Crippen molar-refractivity contribution in [2.45, 2.75) is 62.1 Å². The van der Waals surface area contributed by atoms with E-state index in [1.165, 1.54) is 54.7 Å². The Kier molecular flexibility index (Phi) is 5.40. The fourth-order valence-corrected chi connectivity index (χ4v) is 3.62. The molecule has 1 saturated carbocycles. The summed E-state index contributed by atoms with van der Waals surface area (Å²) in [5.41, 5.74) is 1.42. The zero-order chi connectivity index (χ0) is 13.6. The van der Waals surface area contributed by atoms with E-state index >= 15 is 0 Å². The molecule has 1 aromatic carbocycles. The first-order valence-electron chi connectivity index (χ1n) is 7.97. The minimum atomic E-state index is 0.546. The maximum Gasteiger partial charge on any atom is 0.0576 e. The Balaban J connectivity index is 1.36. The average Bonchev–Trinajstić information content (AvgIpc) is 3.17. The number of benzene rings is 1. The third-order valence-corrected chi connectivity index (χ3v) is 5.11. The summed E-state index contributed by atoms with van der Waals surface area (Å²) in [4.78, 5) is 1.41. The lowest BCUT2D eigenvalue weighted by Crippen LogP contribution is -2.15. The molecule has 0 bridgehead atoms. The van der Waals surface area contributed by atoms with Gasteiger partial charge in [0.2, 0.25) is 0 Å². The van der Waals surface area contributed by atoms with E-state index < -0.39 is 0 Å². The van der Waals surface area contributed by atoms with Gasteiger partial charge in [-0.25, -0.2) is 0 Å². The lowest BCUT2D eigenvalue weighted by Gasteiger charge is -2.09. The Hall–Kier alpha value is -0.510. The van der Waals surface area contributed by atoms with Gasteiger partial charge in [0, 0.05) is 24.1 Å². The first-order chi connectivity index (χ1) is 9.90. The van der Waals surface area contributed by atoms with Crippen LogP contribution >= 0.6 is 11.8 Å². The summed E-state index contributed by atoms with van der Waals surface area (Å²) >= 11 is 1.98. The molecule has 20 heavy (non-hydrogen) atoms. The fraction of sp³-hybridized carbons (Fsp3) is 0.647. The highest BCUT2D eigenvalue weighted by Gasteiger charge is 2.19. The van der Waals surface area contributed by atoms with Gasteiger partial charge in [0.1, 0.15) is 0 Å². The Labute approximate surface area is 126 Å². The van der Waals surface area contributed by atoms with E-state index in [-0.39, 0.29) is 0 Å². The number of ether oxygens (including phenoxy) is 1. The zero-order valence-electron chi connectivity index (χ0n) is 12.1. The smallest absolute Gasteiger partial charge is 0.0576 e. The van der Waals surface area contributed by atoms with Gasteiger partial charge in [-0.3, -0.25) is 0 Å². The Bertz CT molecular complexity index is 413. The van der Waals surface area contributed by atoms with Crippen molar-refractivity contribution < 1.29 is 4.74 Å². The second-order valence-electron chi connectivity index (χ2n) is 5.93. The Morgan fingerprint density at radius 3 is 3.00 bits per heavy atom. The number of hydrogen-bond acceptors (Lipinski definition) is 3. The lowest BCUT2D eigenvalue weighted by atomic mass is 10.1. The highest BCUT2D eigenvalue weighted by molar-refractivity contribution is 7.99. The zero-order valence-corrected chi connectivity index (χ0v) is 13.0. The number of hydrogen-bond donors (Lipinski definition) is 1. The summed E-state index contributed by atoms with van der Waals surface area (Å²) in [6.45, 7) is 2.00. The molecule has 1 N–H and O–H groups in total. The quantitative estimate of drug-likeness (QED) is 0.578. The molecule has 0 amide bonds. The third-order valence-electron chi connectivity index (χ3n) is 4.03. The molecule has 110 valence electrons. The highest BCUT2D eigenvalue weighted by atomic mass is 32.2. The van der Waals surface area contributed by atoms with Gasteiger partial charge in [-0.15, -0.1) is 11.8 Å². The van der Waals surface area contributed by atoms with Crippen molar-refractivity contribution in [2.24, 2.45) is 0 Å². The summed E-state index contributed by atoms with van der Waals surface area (Å²) in [7, 11) is 0. The van der Waals surface area contributed by atoms with E-state index in [2.05, 4.69) is 29.6 Å². The van der Waals surface area contributed by atoms with Crippen LogP contribution in [-0.4, -0.2) is 24.5 Å². The van der Waals surface area contributed by atoms with Crippen molar-refractivity contribution >= 4 is 11.8 Å². The second kappa shape index (κ2) is 7.48. The summed E-state index contributed by atoms with van der Waals surface area (Å²) in [5.74, 6) is 1.21. The molecule has 1 heterocycles. The molecule has 2 aliphatic rings. The van der Waals surface area contributed by atoms with E-state index in [4.69, 9.17) is 4.74 Å². The van der Waals surface area contributed by atoms with Crippen LogP contribution in [0.5, 0.6) is 0 Å². The summed E-state index contributed by atoms with van der Waals surface area (Å²) in [6, 6.07) is 9.78. The van der Waals surface area contributed by atoms with E-state index in [0.29, 0.717) is 6.10 Å². The topological polar surface area (TPSA) is 21.3 Å². The van der Waals surface area contributed by atoms with Crippen molar-refractivity contribution in [1.82, 2.24) is 5.32 Å². The molecule has 1 aliphatic carbocycles. The van der Waals surface area contributed by atoms with Crippen LogP contribution in [0.2, 0.25) is 0 Å². The lowest BCUT2D eigenvalue weighted by molar-refractivity contribution is 0.104. The number of rotatable bonds is 8. The number of thioether (sulfide) groups is 1. The minimum Gasteiger partial charge on any atom is -0.378 e. The van der Waals surface area contributed by atoms with Crippen LogP contribution in [0.4, 0.5) is 0 Å². The molecule has 3 rings (SSSR count). The van der Waals surface area contributed by atoms with Gasteiger partial charge in [-0.05, 0) is 62.0 Å². The van der Waals surface area contributed by atoms with E-state index in [1.54, 1.807) is 0 Å². The monoisotopic (exact) mass is 291 g/mol. The van der Waals surface area contributed by atoms with Crippen molar-refractivity contribution in [2.75, 3.05) is 12.4 Å². The molecular formula is C17H25NOS. The molecule has 0 aromatic heterocycles. The maximum absolute atomic E-state index is 5.67. The molecule has 3 heteroatoms. The van der Waals surface area contributed by atoms with Crippen molar-refractivity contribution in [3.63, 3.8) is 0 Å². The predicted octanol–water partition coefficient (Wildman–Crippen LogP) is 3.99. The normalized spacial score (nSPS) is 22.3. The van der Waals surface area contributed by atoms with Crippen LogP contribution in [0.1, 0.15) is 44.1 Å². The van der Waals surface area contributed by atoms with Crippen LogP contribution < -0.4 is 5.32 Å². The highest BCUT2D eigenvalue weighted by Crippen LogP contribution is 2.24. The van der Waals surface area contributed by atoms with Crippen LogP contribution in [0, 0.1) is 0 Å². The summed E-state index contributed by atoms with van der Waals surface area (Å²) in [5, 5.41) is 3.58. The van der Waals surface area contributed by atoms with Crippen molar-refractivity contribution in [3.8, 4) is 0 Å². The number of nitrogens with one attached hydrogen (secondary N) is 1. The van der Waals surface area contributed by atoms with E-state index in [9.17, 15) is 0 Å².